The maximum absolute atomic E-state index is 13.7. The first-order valence-corrected chi connectivity index (χ1v) is 10.9. The van der Waals surface area contributed by atoms with E-state index in [0.29, 0.717) is 47.9 Å². The summed E-state index contributed by atoms with van der Waals surface area (Å²) in [5.74, 6) is -0.866. The highest BCUT2D eigenvalue weighted by Crippen LogP contribution is 2.37. The zero-order valence-corrected chi connectivity index (χ0v) is 17.8. The molecule has 0 bridgehead atoms. The lowest BCUT2D eigenvalue weighted by atomic mass is 9.89. The summed E-state index contributed by atoms with van der Waals surface area (Å²) in [7, 11) is 0. The molecule has 1 amide bonds. The fraction of sp³-hybridized carbons (Fsp3) is 0.273. The molecule has 1 aliphatic heterocycles. The van der Waals surface area contributed by atoms with Crippen LogP contribution in [0.3, 0.4) is 0 Å². The summed E-state index contributed by atoms with van der Waals surface area (Å²) in [6.07, 6.45) is -3.33. The molecular weight excluding hydrogens is 449 g/mol. The average Bonchev–Trinajstić information content (AvgIpc) is 3.22. The second-order valence-corrected chi connectivity index (χ2v) is 8.43. The number of carbonyl (C=O) groups is 1. The normalized spacial score (nSPS) is 15.1. The van der Waals surface area contributed by atoms with Gasteiger partial charge in [-0.05, 0) is 42.5 Å². The number of nitrogens with zero attached hydrogens (tertiary/aromatic N) is 1. The van der Waals surface area contributed by atoms with E-state index in [1.807, 2.05) is 0 Å². The van der Waals surface area contributed by atoms with Gasteiger partial charge in [0.05, 0.1) is 16.8 Å². The maximum atomic E-state index is 13.7. The number of alkyl halides is 3. The molecule has 2 aromatic carbocycles. The van der Waals surface area contributed by atoms with E-state index in [1.54, 1.807) is 35.7 Å². The fourth-order valence-corrected chi connectivity index (χ4v) is 4.51. The number of carbonyl (C=O) groups excluding carboxylic acids is 1. The van der Waals surface area contributed by atoms with E-state index in [0.717, 1.165) is 17.4 Å². The minimum atomic E-state index is -4.65. The molecule has 0 spiro atoms. The van der Waals surface area contributed by atoms with E-state index >= 15 is 0 Å². The Morgan fingerprint density at radius 2 is 1.90 bits per heavy atom. The Labute approximate surface area is 186 Å². The van der Waals surface area contributed by atoms with Crippen molar-refractivity contribution in [1.82, 2.24) is 4.98 Å². The molecule has 1 fully saturated rings. The predicted octanol–water partition coefficient (Wildman–Crippen LogP) is 6.63. The molecule has 1 aliphatic rings. The Hall–Kier alpha value is -2.42. The Balaban J connectivity index is 1.59. The monoisotopic (exact) mass is 466 g/mol. The SMILES string of the molecule is O=C(Nc1nc(-c2ccccc2Cl)cs1)c1ccc(C2CCOCC2)cc1C(F)(F)F. The summed E-state index contributed by atoms with van der Waals surface area (Å²) in [5.41, 5.74) is 0.409. The molecule has 0 unspecified atom stereocenters. The van der Waals surface area contributed by atoms with E-state index in [4.69, 9.17) is 16.3 Å². The lowest BCUT2D eigenvalue weighted by Gasteiger charge is -2.24. The first-order valence-electron chi connectivity index (χ1n) is 9.63. The number of thiazole rings is 1. The highest BCUT2D eigenvalue weighted by atomic mass is 35.5. The van der Waals surface area contributed by atoms with Crippen molar-refractivity contribution in [3.8, 4) is 11.3 Å². The number of amides is 1. The van der Waals surface area contributed by atoms with Gasteiger partial charge in [-0.3, -0.25) is 10.1 Å². The van der Waals surface area contributed by atoms with Gasteiger partial charge < -0.3 is 4.74 Å². The standard InChI is InChI=1S/C22H18ClF3N2O2S/c23-18-4-2-1-3-16(18)19-12-31-21(27-19)28-20(29)15-6-5-14(11-17(15)22(24,25)26)13-7-9-30-10-8-13/h1-6,11-13H,7-10H2,(H,27,28,29). The molecule has 3 aromatic rings. The van der Waals surface area contributed by atoms with E-state index in [1.165, 1.54) is 6.07 Å². The molecule has 0 atom stereocenters. The average molecular weight is 467 g/mol. The van der Waals surface area contributed by atoms with E-state index in [2.05, 4.69) is 10.3 Å². The maximum Gasteiger partial charge on any atom is 0.417 e. The summed E-state index contributed by atoms with van der Waals surface area (Å²) in [6, 6.07) is 11.0. The Bertz CT molecular complexity index is 1090. The van der Waals surface area contributed by atoms with Crippen LogP contribution >= 0.6 is 22.9 Å². The van der Waals surface area contributed by atoms with Crippen molar-refractivity contribution in [3.05, 3.63) is 69.6 Å². The molecule has 162 valence electrons. The number of anilines is 1. The van der Waals surface area contributed by atoms with E-state index in [-0.39, 0.29) is 11.0 Å². The number of hydrogen-bond donors (Lipinski definition) is 1. The molecule has 0 aliphatic carbocycles. The number of rotatable bonds is 4. The van der Waals surface area contributed by atoms with Gasteiger partial charge in [-0.2, -0.15) is 13.2 Å². The van der Waals surface area contributed by atoms with Gasteiger partial charge in [0.1, 0.15) is 0 Å². The fourth-order valence-electron chi connectivity index (χ4n) is 3.57. The van der Waals surface area contributed by atoms with Crippen LogP contribution in [0.15, 0.2) is 47.8 Å². The minimum Gasteiger partial charge on any atom is -0.381 e. The second-order valence-electron chi connectivity index (χ2n) is 7.16. The van der Waals surface area contributed by atoms with Crippen LogP contribution in [-0.2, 0) is 10.9 Å². The largest absolute Gasteiger partial charge is 0.417 e. The Morgan fingerprint density at radius 3 is 2.61 bits per heavy atom. The molecule has 1 aromatic heterocycles. The Morgan fingerprint density at radius 1 is 1.16 bits per heavy atom. The van der Waals surface area contributed by atoms with Crippen LogP contribution in [0.5, 0.6) is 0 Å². The smallest absolute Gasteiger partial charge is 0.381 e. The number of nitrogens with one attached hydrogen (secondary N) is 1. The summed E-state index contributed by atoms with van der Waals surface area (Å²) in [4.78, 5) is 17.0. The number of hydrogen-bond acceptors (Lipinski definition) is 4. The van der Waals surface area contributed by atoms with Crippen molar-refractivity contribution in [3.63, 3.8) is 0 Å². The third-order valence-electron chi connectivity index (χ3n) is 5.16. The molecule has 4 rings (SSSR count). The van der Waals surface area contributed by atoms with E-state index < -0.39 is 23.2 Å². The number of benzene rings is 2. The quantitative estimate of drug-likeness (QED) is 0.469. The number of halogens is 4. The summed E-state index contributed by atoms with van der Waals surface area (Å²) >= 11 is 7.28. The molecule has 9 heteroatoms. The van der Waals surface area contributed by atoms with Crippen LogP contribution in [0.25, 0.3) is 11.3 Å². The van der Waals surface area contributed by atoms with Crippen LogP contribution in [0.4, 0.5) is 18.3 Å². The summed E-state index contributed by atoms with van der Waals surface area (Å²) in [6.45, 7) is 1.04. The number of aromatic nitrogens is 1. The topological polar surface area (TPSA) is 51.2 Å². The van der Waals surface area contributed by atoms with Gasteiger partial charge in [0.2, 0.25) is 0 Å². The first kappa shape index (κ1) is 21.8. The lowest BCUT2D eigenvalue weighted by molar-refractivity contribution is -0.138. The molecule has 4 nitrogen and oxygen atoms in total. The van der Waals surface area contributed by atoms with Crippen molar-refractivity contribution < 1.29 is 22.7 Å². The first-order chi connectivity index (χ1) is 14.8. The highest BCUT2D eigenvalue weighted by Gasteiger charge is 2.36. The van der Waals surface area contributed by atoms with Gasteiger partial charge in [0.25, 0.3) is 5.91 Å². The molecule has 2 heterocycles. The van der Waals surface area contributed by atoms with Gasteiger partial charge >= 0.3 is 6.18 Å². The lowest BCUT2D eigenvalue weighted by Crippen LogP contribution is -2.20. The summed E-state index contributed by atoms with van der Waals surface area (Å²) in [5, 5.41) is 4.87. The van der Waals surface area contributed by atoms with Gasteiger partial charge in [0, 0.05) is 29.2 Å². The summed E-state index contributed by atoms with van der Waals surface area (Å²) < 4.78 is 46.5. The van der Waals surface area contributed by atoms with Crippen LogP contribution in [-0.4, -0.2) is 24.1 Å². The third kappa shape index (κ3) is 4.92. The van der Waals surface area contributed by atoms with Crippen molar-refractivity contribution in [2.24, 2.45) is 0 Å². The van der Waals surface area contributed by atoms with Crippen LogP contribution < -0.4 is 5.32 Å². The van der Waals surface area contributed by atoms with E-state index in [9.17, 15) is 18.0 Å². The van der Waals surface area contributed by atoms with Crippen molar-refractivity contribution in [2.75, 3.05) is 18.5 Å². The zero-order valence-electron chi connectivity index (χ0n) is 16.2. The van der Waals surface area contributed by atoms with Crippen LogP contribution in [0, 0.1) is 0 Å². The molecule has 31 heavy (non-hydrogen) atoms. The molecule has 0 saturated carbocycles. The van der Waals surface area contributed by atoms with Gasteiger partial charge in [0.15, 0.2) is 5.13 Å². The second kappa shape index (κ2) is 8.98. The van der Waals surface area contributed by atoms with Crippen LogP contribution in [0.2, 0.25) is 5.02 Å². The minimum absolute atomic E-state index is 0.0101. The zero-order chi connectivity index (χ0) is 22.0. The molecule has 1 saturated heterocycles. The van der Waals surface area contributed by atoms with Gasteiger partial charge in [-0.15, -0.1) is 11.3 Å². The van der Waals surface area contributed by atoms with Gasteiger partial charge in [-0.25, -0.2) is 4.98 Å². The number of ether oxygens (including phenoxy) is 1. The van der Waals surface area contributed by atoms with Crippen molar-refractivity contribution >= 4 is 34.0 Å². The molecule has 1 N–H and O–H groups in total. The van der Waals surface area contributed by atoms with Crippen molar-refractivity contribution in [2.45, 2.75) is 24.9 Å². The highest BCUT2D eigenvalue weighted by molar-refractivity contribution is 7.14. The van der Waals surface area contributed by atoms with Gasteiger partial charge in [-0.1, -0.05) is 35.9 Å². The van der Waals surface area contributed by atoms with Crippen LogP contribution in [0.1, 0.15) is 40.2 Å². The third-order valence-corrected chi connectivity index (χ3v) is 6.25. The predicted molar refractivity (Wildman–Crippen MR) is 115 cm³/mol. The van der Waals surface area contributed by atoms with Crippen molar-refractivity contribution in [1.29, 1.82) is 0 Å². The Kier molecular flexibility index (Phi) is 6.31. The molecule has 0 radical (unpaired) electrons. The molecular formula is C22H18ClF3N2O2S.